The molecule has 0 amide bonds. The van der Waals surface area contributed by atoms with Crippen LogP contribution in [0.3, 0.4) is 0 Å². The van der Waals surface area contributed by atoms with Crippen molar-refractivity contribution in [1.82, 2.24) is 0 Å². The van der Waals surface area contributed by atoms with E-state index in [2.05, 4.69) is 59.6 Å². The highest BCUT2D eigenvalue weighted by Crippen LogP contribution is 2.30. The molecule has 0 aliphatic heterocycles. The Morgan fingerprint density at radius 2 is 1.53 bits per heavy atom. The van der Waals surface area contributed by atoms with Crippen molar-refractivity contribution in [2.75, 3.05) is 25.0 Å². The van der Waals surface area contributed by atoms with Gasteiger partial charge in [-0.1, -0.05) is 19.9 Å². The van der Waals surface area contributed by atoms with Crippen LogP contribution in [-0.4, -0.2) is 20.1 Å². The molecule has 1 rings (SSSR count). The van der Waals surface area contributed by atoms with Gasteiger partial charge in [-0.3, -0.25) is 0 Å². The van der Waals surface area contributed by atoms with E-state index in [1.165, 1.54) is 27.9 Å². The molecule has 0 unspecified atom stereocenters. The molecule has 1 aromatic carbocycles. The van der Waals surface area contributed by atoms with Gasteiger partial charge in [0.2, 0.25) is 0 Å². The predicted molar refractivity (Wildman–Crippen MR) is 86.1 cm³/mol. The van der Waals surface area contributed by atoms with E-state index in [-0.39, 0.29) is 5.41 Å². The fraction of sp³-hybridized carbons (Fsp3) is 0.647. The largest absolute Gasteiger partial charge is 0.374 e. The summed E-state index contributed by atoms with van der Waals surface area (Å²) in [4.78, 5) is 2.39. The quantitative estimate of drug-likeness (QED) is 0.876. The number of aryl methyl sites for hydroxylation is 2. The van der Waals surface area contributed by atoms with Gasteiger partial charge in [-0.15, -0.1) is 0 Å². The lowest BCUT2D eigenvalue weighted by molar-refractivity contribution is 0.351. The summed E-state index contributed by atoms with van der Waals surface area (Å²) in [7, 11) is 2.20. The predicted octanol–water partition coefficient (Wildman–Crippen LogP) is 3.73. The Hall–Kier alpha value is -1.02. The second-order valence-corrected chi connectivity index (χ2v) is 6.65. The number of hydrogen-bond donors (Lipinski definition) is 1. The number of anilines is 1. The molecule has 2 nitrogen and oxygen atoms in total. The molecule has 0 aromatic heterocycles. The molecule has 0 aliphatic carbocycles. The summed E-state index contributed by atoms with van der Waals surface area (Å²) in [5.74, 6) is 0. The third kappa shape index (κ3) is 3.73. The Morgan fingerprint density at radius 1 is 1.05 bits per heavy atom. The topological polar surface area (TPSA) is 29.3 Å². The smallest absolute Gasteiger partial charge is 0.0428 e. The average Bonchev–Trinajstić information content (AvgIpc) is 2.34. The van der Waals surface area contributed by atoms with Crippen LogP contribution in [-0.2, 0) is 0 Å². The highest BCUT2D eigenvalue weighted by Gasteiger charge is 2.18. The Morgan fingerprint density at radius 3 is 1.95 bits per heavy atom. The molecule has 0 bridgehead atoms. The first-order valence-electron chi connectivity index (χ1n) is 7.18. The van der Waals surface area contributed by atoms with Crippen LogP contribution in [0.2, 0.25) is 0 Å². The van der Waals surface area contributed by atoms with Crippen molar-refractivity contribution < 1.29 is 0 Å². The van der Waals surface area contributed by atoms with Crippen LogP contribution >= 0.6 is 0 Å². The molecule has 0 heterocycles. The van der Waals surface area contributed by atoms with Crippen molar-refractivity contribution in [1.29, 1.82) is 0 Å². The SMILES string of the molecule is Cc1cc(C)c(C)c(N(C)CCC(C)(C)CN)c1C. The average molecular weight is 262 g/mol. The summed E-state index contributed by atoms with van der Waals surface area (Å²) >= 11 is 0. The van der Waals surface area contributed by atoms with Crippen LogP contribution < -0.4 is 10.6 Å². The number of rotatable bonds is 5. The Bertz CT molecular complexity index is 421. The molecule has 0 saturated heterocycles. The van der Waals surface area contributed by atoms with E-state index in [0.717, 1.165) is 19.5 Å². The van der Waals surface area contributed by atoms with Gasteiger partial charge in [0, 0.05) is 19.3 Å². The van der Waals surface area contributed by atoms with Crippen molar-refractivity contribution in [3.63, 3.8) is 0 Å². The van der Waals surface area contributed by atoms with Crippen LogP contribution in [0.1, 0.15) is 42.5 Å². The summed E-state index contributed by atoms with van der Waals surface area (Å²) in [5, 5.41) is 0. The van der Waals surface area contributed by atoms with Gasteiger partial charge in [0.05, 0.1) is 0 Å². The molecule has 2 N–H and O–H groups in total. The first-order chi connectivity index (χ1) is 8.69. The molecule has 108 valence electrons. The van der Waals surface area contributed by atoms with Gasteiger partial charge in [0.15, 0.2) is 0 Å². The third-order valence-electron chi connectivity index (χ3n) is 4.38. The molecular formula is C17H30N2. The van der Waals surface area contributed by atoms with Crippen molar-refractivity contribution >= 4 is 5.69 Å². The van der Waals surface area contributed by atoms with Crippen LogP contribution in [0, 0.1) is 33.1 Å². The van der Waals surface area contributed by atoms with E-state index in [4.69, 9.17) is 5.73 Å². The second-order valence-electron chi connectivity index (χ2n) is 6.65. The first kappa shape index (κ1) is 16.0. The van der Waals surface area contributed by atoms with Crippen LogP contribution in [0.15, 0.2) is 6.07 Å². The van der Waals surface area contributed by atoms with Gasteiger partial charge in [0.25, 0.3) is 0 Å². The van der Waals surface area contributed by atoms with Crippen molar-refractivity contribution in [2.24, 2.45) is 11.1 Å². The summed E-state index contributed by atoms with van der Waals surface area (Å²) in [5.41, 5.74) is 13.0. The van der Waals surface area contributed by atoms with Gasteiger partial charge in [-0.25, -0.2) is 0 Å². The number of nitrogens with two attached hydrogens (primary N) is 1. The summed E-state index contributed by atoms with van der Waals surface area (Å²) in [6, 6.07) is 2.28. The monoisotopic (exact) mass is 262 g/mol. The lowest BCUT2D eigenvalue weighted by Gasteiger charge is -2.30. The van der Waals surface area contributed by atoms with Crippen molar-refractivity contribution in [3.05, 3.63) is 28.3 Å². The van der Waals surface area contributed by atoms with E-state index in [9.17, 15) is 0 Å². The molecule has 2 heteroatoms. The Labute approximate surface area is 119 Å². The normalized spacial score (nSPS) is 11.8. The number of benzene rings is 1. The van der Waals surface area contributed by atoms with E-state index in [1.54, 1.807) is 0 Å². The minimum Gasteiger partial charge on any atom is -0.374 e. The highest BCUT2D eigenvalue weighted by molar-refractivity contribution is 5.63. The molecule has 0 aliphatic rings. The molecule has 0 fully saturated rings. The highest BCUT2D eigenvalue weighted by atomic mass is 15.1. The van der Waals surface area contributed by atoms with Gasteiger partial charge in [-0.05, 0) is 68.3 Å². The maximum atomic E-state index is 5.82. The number of nitrogens with zero attached hydrogens (tertiary/aromatic N) is 1. The van der Waals surface area contributed by atoms with E-state index >= 15 is 0 Å². The van der Waals surface area contributed by atoms with E-state index < -0.39 is 0 Å². The number of hydrogen-bond acceptors (Lipinski definition) is 2. The van der Waals surface area contributed by atoms with Gasteiger partial charge in [0.1, 0.15) is 0 Å². The van der Waals surface area contributed by atoms with Crippen molar-refractivity contribution in [2.45, 2.75) is 48.0 Å². The van der Waals surface area contributed by atoms with Crippen LogP contribution in [0.25, 0.3) is 0 Å². The minimum atomic E-state index is 0.217. The molecule has 0 atom stereocenters. The molecule has 0 radical (unpaired) electrons. The van der Waals surface area contributed by atoms with Crippen LogP contribution in [0.4, 0.5) is 5.69 Å². The molecule has 19 heavy (non-hydrogen) atoms. The minimum absolute atomic E-state index is 0.217. The second kappa shape index (κ2) is 5.96. The molecule has 0 spiro atoms. The fourth-order valence-electron chi connectivity index (χ4n) is 2.45. The van der Waals surface area contributed by atoms with E-state index in [0.29, 0.717) is 0 Å². The molecular weight excluding hydrogens is 232 g/mol. The summed E-state index contributed by atoms with van der Waals surface area (Å²) < 4.78 is 0. The first-order valence-corrected chi connectivity index (χ1v) is 7.18. The van der Waals surface area contributed by atoms with Gasteiger partial charge >= 0.3 is 0 Å². The Kier molecular flexibility index (Phi) is 5.03. The zero-order valence-electron chi connectivity index (χ0n) is 13.7. The summed E-state index contributed by atoms with van der Waals surface area (Å²) in [6.45, 7) is 15.1. The fourth-order valence-corrected chi connectivity index (χ4v) is 2.45. The zero-order valence-corrected chi connectivity index (χ0v) is 13.7. The van der Waals surface area contributed by atoms with Crippen molar-refractivity contribution in [3.8, 4) is 0 Å². The van der Waals surface area contributed by atoms with Crippen LogP contribution in [0.5, 0.6) is 0 Å². The molecule has 0 saturated carbocycles. The molecule has 1 aromatic rings. The maximum absolute atomic E-state index is 5.82. The van der Waals surface area contributed by atoms with Gasteiger partial charge in [-0.2, -0.15) is 0 Å². The zero-order chi connectivity index (χ0) is 14.8. The lowest BCUT2D eigenvalue weighted by Crippen LogP contribution is -2.30. The Balaban J connectivity index is 2.97. The van der Waals surface area contributed by atoms with E-state index in [1.807, 2.05) is 0 Å². The maximum Gasteiger partial charge on any atom is 0.0428 e. The van der Waals surface area contributed by atoms with Gasteiger partial charge < -0.3 is 10.6 Å². The lowest BCUT2D eigenvalue weighted by atomic mass is 9.89. The summed E-state index contributed by atoms with van der Waals surface area (Å²) in [6.07, 6.45) is 1.12. The third-order valence-corrected chi connectivity index (χ3v) is 4.38. The standard InChI is InChI=1S/C17H30N2/c1-12-10-13(2)15(4)16(14(12)3)19(7)9-8-17(5,6)11-18/h10H,8-9,11,18H2,1-7H3.